The Kier molecular flexibility index (Phi) is 6.39. The number of nitrogens with one attached hydrogen (secondary N) is 1. The fourth-order valence-electron chi connectivity index (χ4n) is 2.47. The number of nitrogens with zero attached hydrogens (tertiary/aromatic N) is 1. The molecular formula is C19H22N2O4. The number of amides is 2. The average molecular weight is 342 g/mol. The van der Waals surface area contributed by atoms with Crippen molar-refractivity contribution < 1.29 is 19.1 Å². The maximum Gasteiger partial charge on any atom is 0.226 e. The monoisotopic (exact) mass is 342 g/mol. The predicted octanol–water partition coefficient (Wildman–Crippen LogP) is 3.09. The molecule has 25 heavy (non-hydrogen) atoms. The van der Waals surface area contributed by atoms with Crippen LogP contribution < -0.4 is 19.7 Å². The summed E-state index contributed by atoms with van der Waals surface area (Å²) in [7, 11) is 3.09. The molecule has 6 heteroatoms. The first-order chi connectivity index (χ1) is 12.1. The summed E-state index contributed by atoms with van der Waals surface area (Å²) >= 11 is 0. The van der Waals surface area contributed by atoms with Gasteiger partial charge in [0.25, 0.3) is 0 Å². The molecule has 2 rings (SSSR count). The number of rotatable bonds is 7. The van der Waals surface area contributed by atoms with Crippen molar-refractivity contribution in [3.05, 3.63) is 48.5 Å². The number of ether oxygens (including phenoxy) is 2. The lowest BCUT2D eigenvalue weighted by atomic mass is 10.2. The Labute approximate surface area is 147 Å². The molecule has 0 atom stereocenters. The number of methoxy groups -OCH3 is 2. The molecule has 0 bridgehead atoms. The average Bonchev–Trinajstić information content (AvgIpc) is 2.62. The summed E-state index contributed by atoms with van der Waals surface area (Å²) in [6.45, 7) is 1.71. The van der Waals surface area contributed by atoms with Gasteiger partial charge in [0.1, 0.15) is 11.5 Å². The van der Waals surface area contributed by atoms with Crippen molar-refractivity contribution in [3.8, 4) is 11.5 Å². The zero-order chi connectivity index (χ0) is 18.2. The second kappa shape index (κ2) is 8.73. The topological polar surface area (TPSA) is 67.9 Å². The molecule has 0 spiro atoms. The number of carbonyl (C=O) groups excluding carboxylic acids is 2. The van der Waals surface area contributed by atoms with E-state index in [0.29, 0.717) is 22.9 Å². The highest BCUT2D eigenvalue weighted by Gasteiger charge is 2.17. The summed E-state index contributed by atoms with van der Waals surface area (Å²) in [6, 6.07) is 14.4. The second-order valence-corrected chi connectivity index (χ2v) is 5.34. The van der Waals surface area contributed by atoms with Gasteiger partial charge in [-0.25, -0.2) is 0 Å². The number of hydrogen-bond donors (Lipinski definition) is 1. The van der Waals surface area contributed by atoms with E-state index in [1.807, 2.05) is 24.3 Å². The molecule has 0 aliphatic heterocycles. The van der Waals surface area contributed by atoms with Crippen LogP contribution in [0.1, 0.15) is 13.3 Å². The normalized spacial score (nSPS) is 10.0. The fraction of sp³-hybridized carbons (Fsp3) is 0.263. The molecule has 2 amide bonds. The molecule has 0 aliphatic rings. The van der Waals surface area contributed by atoms with Crippen molar-refractivity contribution in [1.82, 2.24) is 0 Å². The quantitative estimate of drug-likeness (QED) is 0.840. The minimum absolute atomic E-state index is 0.148. The minimum Gasteiger partial charge on any atom is -0.495 e. The summed E-state index contributed by atoms with van der Waals surface area (Å²) in [4.78, 5) is 25.8. The molecule has 0 aliphatic carbocycles. The number of para-hydroxylation sites is 4. The van der Waals surface area contributed by atoms with Gasteiger partial charge in [0, 0.05) is 19.9 Å². The highest BCUT2D eigenvalue weighted by Crippen LogP contribution is 2.28. The van der Waals surface area contributed by atoms with E-state index in [1.54, 1.807) is 38.5 Å². The minimum atomic E-state index is -0.203. The first-order valence-corrected chi connectivity index (χ1v) is 7.90. The van der Waals surface area contributed by atoms with E-state index in [2.05, 4.69) is 5.32 Å². The summed E-state index contributed by atoms with van der Waals surface area (Å²) in [5.74, 6) is 0.812. The Morgan fingerprint density at radius 3 is 2.20 bits per heavy atom. The first kappa shape index (κ1) is 18.3. The first-order valence-electron chi connectivity index (χ1n) is 7.90. The zero-order valence-corrected chi connectivity index (χ0v) is 14.6. The van der Waals surface area contributed by atoms with Crippen molar-refractivity contribution in [2.24, 2.45) is 0 Å². The zero-order valence-electron chi connectivity index (χ0n) is 14.6. The lowest BCUT2D eigenvalue weighted by molar-refractivity contribution is -0.117. The van der Waals surface area contributed by atoms with Crippen LogP contribution in [0.5, 0.6) is 11.5 Å². The molecule has 2 aromatic carbocycles. The lowest BCUT2D eigenvalue weighted by Gasteiger charge is -2.23. The van der Waals surface area contributed by atoms with E-state index < -0.39 is 0 Å². The second-order valence-electron chi connectivity index (χ2n) is 5.34. The van der Waals surface area contributed by atoms with Crippen LogP contribution in [0.15, 0.2) is 48.5 Å². The largest absolute Gasteiger partial charge is 0.495 e. The van der Waals surface area contributed by atoms with Crippen molar-refractivity contribution in [2.45, 2.75) is 13.3 Å². The molecule has 0 fully saturated rings. The number of carbonyl (C=O) groups is 2. The Hall–Kier alpha value is -3.02. The van der Waals surface area contributed by atoms with Gasteiger partial charge in [0.05, 0.1) is 25.6 Å². The van der Waals surface area contributed by atoms with Crippen LogP contribution in [0.2, 0.25) is 0 Å². The number of benzene rings is 2. The van der Waals surface area contributed by atoms with Crippen LogP contribution in [0, 0.1) is 0 Å². The SMILES string of the molecule is COc1ccccc1NC(=O)CCN(C(C)=O)c1ccccc1OC. The van der Waals surface area contributed by atoms with Crippen LogP contribution in [0.25, 0.3) is 0 Å². The summed E-state index contributed by atoms with van der Waals surface area (Å²) in [5, 5.41) is 2.80. The fourth-order valence-corrected chi connectivity index (χ4v) is 2.47. The Bertz CT molecular complexity index is 746. The van der Waals surface area contributed by atoms with Crippen LogP contribution in [-0.4, -0.2) is 32.6 Å². The van der Waals surface area contributed by atoms with Gasteiger partial charge in [-0.15, -0.1) is 0 Å². The van der Waals surface area contributed by atoms with E-state index in [0.717, 1.165) is 0 Å². The van der Waals surface area contributed by atoms with E-state index in [-0.39, 0.29) is 24.8 Å². The van der Waals surface area contributed by atoms with Gasteiger partial charge in [0.2, 0.25) is 11.8 Å². The third-order valence-corrected chi connectivity index (χ3v) is 3.70. The van der Waals surface area contributed by atoms with E-state index >= 15 is 0 Å². The van der Waals surface area contributed by atoms with E-state index in [4.69, 9.17) is 9.47 Å². The molecule has 1 N–H and O–H groups in total. The molecule has 6 nitrogen and oxygen atoms in total. The van der Waals surface area contributed by atoms with Gasteiger partial charge in [-0.1, -0.05) is 24.3 Å². The molecule has 2 aromatic rings. The van der Waals surface area contributed by atoms with Gasteiger partial charge < -0.3 is 19.7 Å². The van der Waals surface area contributed by atoms with Crippen molar-refractivity contribution in [3.63, 3.8) is 0 Å². The molecule has 0 unspecified atom stereocenters. The van der Waals surface area contributed by atoms with Crippen LogP contribution in [0.3, 0.4) is 0 Å². The highest BCUT2D eigenvalue weighted by molar-refractivity contribution is 5.96. The Morgan fingerprint density at radius 1 is 0.960 bits per heavy atom. The summed E-state index contributed by atoms with van der Waals surface area (Å²) in [6.07, 6.45) is 0.148. The molecule has 0 aromatic heterocycles. The summed E-state index contributed by atoms with van der Waals surface area (Å²) < 4.78 is 10.5. The van der Waals surface area contributed by atoms with Crippen molar-refractivity contribution >= 4 is 23.2 Å². The van der Waals surface area contributed by atoms with Crippen LogP contribution in [0.4, 0.5) is 11.4 Å². The lowest BCUT2D eigenvalue weighted by Crippen LogP contribution is -2.32. The highest BCUT2D eigenvalue weighted by atomic mass is 16.5. The maximum absolute atomic E-state index is 12.3. The molecule has 0 heterocycles. The van der Waals surface area contributed by atoms with Crippen LogP contribution >= 0.6 is 0 Å². The van der Waals surface area contributed by atoms with Gasteiger partial charge in [0.15, 0.2) is 0 Å². The van der Waals surface area contributed by atoms with Gasteiger partial charge in [-0.3, -0.25) is 9.59 Å². The maximum atomic E-state index is 12.3. The molecule has 0 saturated heterocycles. The molecule has 132 valence electrons. The van der Waals surface area contributed by atoms with Gasteiger partial charge in [-0.2, -0.15) is 0 Å². The number of hydrogen-bond acceptors (Lipinski definition) is 4. The Balaban J connectivity index is 2.06. The predicted molar refractivity (Wildman–Crippen MR) is 97.3 cm³/mol. The summed E-state index contributed by atoms with van der Waals surface area (Å²) in [5.41, 5.74) is 1.24. The van der Waals surface area contributed by atoms with Gasteiger partial charge in [-0.05, 0) is 24.3 Å². The molecule has 0 saturated carbocycles. The standard InChI is InChI=1S/C19H22N2O4/c1-14(22)21(16-9-5-7-11-18(16)25-3)13-12-19(23)20-15-8-4-6-10-17(15)24-2/h4-11H,12-13H2,1-3H3,(H,20,23). The number of anilines is 2. The van der Waals surface area contributed by atoms with Crippen molar-refractivity contribution in [1.29, 1.82) is 0 Å². The van der Waals surface area contributed by atoms with Gasteiger partial charge >= 0.3 is 0 Å². The third-order valence-electron chi connectivity index (χ3n) is 3.70. The smallest absolute Gasteiger partial charge is 0.226 e. The molecular weight excluding hydrogens is 320 g/mol. The third kappa shape index (κ3) is 4.73. The van der Waals surface area contributed by atoms with E-state index in [1.165, 1.54) is 11.8 Å². The van der Waals surface area contributed by atoms with E-state index in [9.17, 15) is 9.59 Å². The van der Waals surface area contributed by atoms with Crippen LogP contribution in [-0.2, 0) is 9.59 Å². The van der Waals surface area contributed by atoms with Crippen molar-refractivity contribution in [2.75, 3.05) is 31.0 Å². The Morgan fingerprint density at radius 2 is 1.56 bits per heavy atom. The molecule has 0 radical (unpaired) electrons.